The Morgan fingerprint density at radius 2 is 1.95 bits per heavy atom. The first-order valence-electron chi connectivity index (χ1n) is 7.13. The van der Waals surface area contributed by atoms with Crippen LogP contribution in [0.25, 0.3) is 0 Å². The largest absolute Gasteiger partial charge is 0.341 e. The zero-order valence-corrected chi connectivity index (χ0v) is 11.8. The van der Waals surface area contributed by atoms with Crippen LogP contribution in [-0.4, -0.2) is 47.0 Å². The zero-order chi connectivity index (χ0) is 13.7. The van der Waals surface area contributed by atoms with Gasteiger partial charge in [0, 0.05) is 32.4 Å². The summed E-state index contributed by atoms with van der Waals surface area (Å²) >= 11 is 0. The molecule has 0 unspecified atom stereocenters. The van der Waals surface area contributed by atoms with Crippen LogP contribution in [0.4, 0.5) is 5.95 Å². The van der Waals surface area contributed by atoms with Crippen molar-refractivity contribution in [3.63, 3.8) is 0 Å². The van der Waals surface area contributed by atoms with Crippen molar-refractivity contribution in [1.29, 1.82) is 0 Å². The summed E-state index contributed by atoms with van der Waals surface area (Å²) in [6.45, 7) is 7.35. The molecule has 1 aliphatic rings. The monoisotopic (exact) mass is 262 g/mol. The van der Waals surface area contributed by atoms with Crippen molar-refractivity contribution in [2.24, 2.45) is 0 Å². The summed E-state index contributed by atoms with van der Waals surface area (Å²) in [5.41, 5.74) is 0.499. The van der Waals surface area contributed by atoms with Crippen LogP contribution in [0.5, 0.6) is 0 Å². The molecule has 0 N–H and O–H groups in total. The maximum Gasteiger partial charge on any atom is 0.272 e. The summed E-state index contributed by atoms with van der Waals surface area (Å²) in [7, 11) is 0. The topological polar surface area (TPSA) is 49.3 Å². The van der Waals surface area contributed by atoms with E-state index in [9.17, 15) is 4.79 Å². The van der Waals surface area contributed by atoms with E-state index in [2.05, 4.69) is 14.9 Å². The van der Waals surface area contributed by atoms with Gasteiger partial charge in [-0.05, 0) is 39.2 Å². The van der Waals surface area contributed by atoms with Gasteiger partial charge in [-0.2, -0.15) is 0 Å². The SMILES string of the molecule is CCN(CC)C(=O)c1ccnc(N2CCCCC2)n1. The minimum atomic E-state index is -0.00865. The first kappa shape index (κ1) is 13.8. The number of piperidine rings is 1. The highest BCUT2D eigenvalue weighted by molar-refractivity contribution is 5.92. The maximum atomic E-state index is 12.3. The molecule has 1 aromatic rings. The highest BCUT2D eigenvalue weighted by Gasteiger charge is 2.18. The quantitative estimate of drug-likeness (QED) is 0.832. The average molecular weight is 262 g/mol. The van der Waals surface area contributed by atoms with E-state index in [4.69, 9.17) is 0 Å². The van der Waals surface area contributed by atoms with E-state index in [0.29, 0.717) is 24.7 Å². The van der Waals surface area contributed by atoms with E-state index >= 15 is 0 Å². The molecule has 104 valence electrons. The van der Waals surface area contributed by atoms with Crippen molar-refractivity contribution in [1.82, 2.24) is 14.9 Å². The lowest BCUT2D eigenvalue weighted by Crippen LogP contribution is -2.33. The number of aromatic nitrogens is 2. The second-order valence-corrected chi connectivity index (χ2v) is 4.77. The van der Waals surface area contributed by atoms with Crippen LogP contribution in [0.2, 0.25) is 0 Å². The van der Waals surface area contributed by atoms with Crippen molar-refractivity contribution in [2.45, 2.75) is 33.1 Å². The predicted octanol–water partition coefficient (Wildman–Crippen LogP) is 1.95. The smallest absolute Gasteiger partial charge is 0.272 e. The fourth-order valence-corrected chi connectivity index (χ4v) is 2.39. The van der Waals surface area contributed by atoms with E-state index in [0.717, 1.165) is 13.1 Å². The molecule has 5 nitrogen and oxygen atoms in total. The summed E-state index contributed by atoms with van der Waals surface area (Å²) in [4.78, 5) is 24.9. The fraction of sp³-hybridized carbons (Fsp3) is 0.643. The number of nitrogens with zero attached hydrogens (tertiary/aromatic N) is 4. The Kier molecular flexibility index (Phi) is 4.71. The van der Waals surface area contributed by atoms with Crippen LogP contribution in [0.1, 0.15) is 43.6 Å². The van der Waals surface area contributed by atoms with Crippen molar-refractivity contribution in [3.8, 4) is 0 Å². The van der Waals surface area contributed by atoms with Crippen LogP contribution in [0.3, 0.4) is 0 Å². The normalized spacial score (nSPS) is 15.4. The van der Waals surface area contributed by atoms with Gasteiger partial charge in [-0.25, -0.2) is 9.97 Å². The summed E-state index contributed by atoms with van der Waals surface area (Å²) in [5.74, 6) is 0.684. The maximum absolute atomic E-state index is 12.3. The van der Waals surface area contributed by atoms with Crippen molar-refractivity contribution in [3.05, 3.63) is 18.0 Å². The lowest BCUT2D eigenvalue weighted by molar-refractivity contribution is 0.0767. The fourth-order valence-electron chi connectivity index (χ4n) is 2.39. The Labute approximate surface area is 114 Å². The van der Waals surface area contributed by atoms with Gasteiger partial charge in [0.05, 0.1) is 0 Å². The molecule has 1 saturated heterocycles. The van der Waals surface area contributed by atoms with Crippen LogP contribution in [0.15, 0.2) is 12.3 Å². The van der Waals surface area contributed by atoms with E-state index in [1.54, 1.807) is 17.2 Å². The highest BCUT2D eigenvalue weighted by Crippen LogP contribution is 2.15. The molecule has 0 radical (unpaired) electrons. The number of hydrogen-bond donors (Lipinski definition) is 0. The van der Waals surface area contributed by atoms with Gasteiger partial charge in [-0.3, -0.25) is 4.79 Å². The van der Waals surface area contributed by atoms with Crippen LogP contribution in [-0.2, 0) is 0 Å². The third-order valence-electron chi connectivity index (χ3n) is 3.55. The molecule has 1 aromatic heterocycles. The Balaban J connectivity index is 2.16. The summed E-state index contributed by atoms with van der Waals surface area (Å²) < 4.78 is 0. The third-order valence-corrected chi connectivity index (χ3v) is 3.55. The standard InChI is InChI=1S/C14H22N4O/c1-3-17(4-2)13(19)12-8-9-15-14(16-12)18-10-6-5-7-11-18/h8-9H,3-7,10-11H2,1-2H3. The second-order valence-electron chi connectivity index (χ2n) is 4.77. The first-order chi connectivity index (χ1) is 9.26. The number of carbonyl (C=O) groups excluding carboxylic acids is 1. The highest BCUT2D eigenvalue weighted by atomic mass is 16.2. The summed E-state index contributed by atoms with van der Waals surface area (Å²) in [6.07, 6.45) is 5.32. The zero-order valence-electron chi connectivity index (χ0n) is 11.8. The predicted molar refractivity (Wildman–Crippen MR) is 75.3 cm³/mol. The van der Waals surface area contributed by atoms with E-state index in [1.165, 1.54) is 19.3 Å². The van der Waals surface area contributed by atoms with Gasteiger partial charge in [-0.15, -0.1) is 0 Å². The molecule has 0 atom stereocenters. The molecule has 1 fully saturated rings. The minimum Gasteiger partial charge on any atom is -0.341 e. The van der Waals surface area contributed by atoms with Gasteiger partial charge in [0.25, 0.3) is 5.91 Å². The number of amides is 1. The Morgan fingerprint density at radius 1 is 1.26 bits per heavy atom. The molecule has 2 rings (SSSR count). The molecule has 0 bridgehead atoms. The first-order valence-corrected chi connectivity index (χ1v) is 7.13. The lowest BCUT2D eigenvalue weighted by Gasteiger charge is -2.27. The molecule has 0 aliphatic carbocycles. The minimum absolute atomic E-state index is 0.00865. The molecule has 1 amide bonds. The van der Waals surface area contributed by atoms with E-state index in [1.807, 2.05) is 13.8 Å². The van der Waals surface area contributed by atoms with Crippen LogP contribution >= 0.6 is 0 Å². The van der Waals surface area contributed by atoms with Gasteiger partial charge in [0.2, 0.25) is 5.95 Å². The Morgan fingerprint density at radius 3 is 2.58 bits per heavy atom. The number of rotatable bonds is 4. The summed E-state index contributed by atoms with van der Waals surface area (Å²) in [5, 5.41) is 0. The summed E-state index contributed by atoms with van der Waals surface area (Å²) in [6, 6.07) is 1.70. The molecule has 5 heteroatoms. The second kappa shape index (κ2) is 6.50. The molecule has 1 aliphatic heterocycles. The Hall–Kier alpha value is -1.65. The van der Waals surface area contributed by atoms with Crippen molar-refractivity contribution in [2.75, 3.05) is 31.1 Å². The van der Waals surface area contributed by atoms with Crippen LogP contribution in [0, 0.1) is 0 Å². The van der Waals surface area contributed by atoms with Crippen molar-refractivity contribution >= 4 is 11.9 Å². The number of carbonyl (C=O) groups is 1. The molecule has 2 heterocycles. The molecule has 0 saturated carbocycles. The molecular weight excluding hydrogens is 240 g/mol. The van der Waals surface area contributed by atoms with Crippen LogP contribution < -0.4 is 4.90 Å². The van der Waals surface area contributed by atoms with Gasteiger partial charge < -0.3 is 9.80 Å². The van der Waals surface area contributed by atoms with Gasteiger partial charge >= 0.3 is 0 Å². The third kappa shape index (κ3) is 3.22. The lowest BCUT2D eigenvalue weighted by atomic mass is 10.1. The number of anilines is 1. The Bertz CT molecular complexity index is 425. The molecule has 19 heavy (non-hydrogen) atoms. The van der Waals surface area contributed by atoms with E-state index in [-0.39, 0.29) is 5.91 Å². The van der Waals surface area contributed by atoms with Gasteiger partial charge in [0.15, 0.2) is 0 Å². The van der Waals surface area contributed by atoms with Gasteiger partial charge in [0.1, 0.15) is 5.69 Å². The molecular formula is C14H22N4O. The average Bonchev–Trinajstić information content (AvgIpc) is 2.49. The molecule has 0 spiro atoms. The van der Waals surface area contributed by atoms with Crippen molar-refractivity contribution < 1.29 is 4.79 Å². The van der Waals surface area contributed by atoms with E-state index < -0.39 is 0 Å². The molecule has 0 aromatic carbocycles. The number of hydrogen-bond acceptors (Lipinski definition) is 4. The van der Waals surface area contributed by atoms with Gasteiger partial charge in [-0.1, -0.05) is 0 Å².